The molecule has 2 saturated heterocycles. The van der Waals surface area contributed by atoms with E-state index in [1.54, 1.807) is 0 Å². The third kappa shape index (κ3) is 3.71. The number of hydrogen-bond donors (Lipinski definition) is 3. The Balaban J connectivity index is 0.00000182. The van der Waals surface area contributed by atoms with Gasteiger partial charge in [0.1, 0.15) is 5.82 Å². The van der Waals surface area contributed by atoms with Crippen molar-refractivity contribution in [1.82, 2.24) is 15.3 Å². The molecule has 2 aliphatic rings. The Morgan fingerprint density at radius 1 is 1.24 bits per heavy atom. The number of hydrogen-bond acceptors (Lipinski definition) is 6. The van der Waals surface area contributed by atoms with Crippen molar-refractivity contribution in [2.45, 2.75) is 25.5 Å². The van der Waals surface area contributed by atoms with Gasteiger partial charge in [0.15, 0.2) is 0 Å². The fourth-order valence-electron chi connectivity index (χ4n) is 3.83. The number of nitrogens with zero attached hydrogens (tertiary/aromatic N) is 3. The molecule has 0 unspecified atom stereocenters. The van der Waals surface area contributed by atoms with Crippen molar-refractivity contribution in [3.8, 4) is 11.3 Å². The van der Waals surface area contributed by atoms with Crippen molar-refractivity contribution in [3.63, 3.8) is 0 Å². The third-order valence-corrected chi connectivity index (χ3v) is 5.06. The molecular formula is C18H24ClN5O. The molecule has 0 amide bonds. The molecule has 0 saturated carbocycles. The predicted molar refractivity (Wildman–Crippen MR) is 102 cm³/mol. The van der Waals surface area contributed by atoms with E-state index < -0.39 is 0 Å². The summed E-state index contributed by atoms with van der Waals surface area (Å²) in [6.45, 7) is 3.12. The van der Waals surface area contributed by atoms with Gasteiger partial charge in [0, 0.05) is 30.8 Å². The maximum absolute atomic E-state index is 9.34. The minimum atomic E-state index is 0. The first-order chi connectivity index (χ1) is 11.7. The molecule has 7 heteroatoms. The molecule has 1 aromatic carbocycles. The number of benzene rings is 1. The molecule has 2 atom stereocenters. The topological polar surface area (TPSA) is 87.3 Å². The Bertz CT molecular complexity index is 727. The molecule has 4 rings (SSSR count). The minimum absolute atomic E-state index is 0. The molecule has 6 nitrogen and oxygen atoms in total. The first-order valence-electron chi connectivity index (χ1n) is 8.56. The first kappa shape index (κ1) is 17.9. The Labute approximate surface area is 153 Å². The summed E-state index contributed by atoms with van der Waals surface area (Å²) in [4.78, 5) is 11.2. The number of aliphatic hydroxyl groups excluding tert-OH is 1. The van der Waals surface area contributed by atoms with Crippen molar-refractivity contribution in [2.24, 2.45) is 5.92 Å². The smallest absolute Gasteiger partial charge is 0.222 e. The number of aromatic nitrogens is 2. The Hall–Kier alpha value is -1.89. The fourth-order valence-corrected chi connectivity index (χ4v) is 3.83. The minimum Gasteiger partial charge on any atom is -0.392 e. The van der Waals surface area contributed by atoms with E-state index >= 15 is 0 Å². The highest BCUT2D eigenvalue weighted by atomic mass is 35.5. The van der Waals surface area contributed by atoms with Gasteiger partial charge in [-0.2, -0.15) is 4.98 Å². The molecule has 134 valence electrons. The second-order valence-corrected chi connectivity index (χ2v) is 6.70. The zero-order chi connectivity index (χ0) is 16.5. The molecule has 0 bridgehead atoms. The van der Waals surface area contributed by atoms with E-state index in [4.69, 9.17) is 5.73 Å². The second kappa shape index (κ2) is 7.56. The SMILES string of the molecule is Cl.Nc1nc(-c2cccc(CO)c2)cc(N2C[C@H]3CCCN[C@H]3C2)n1. The van der Waals surface area contributed by atoms with E-state index in [9.17, 15) is 5.11 Å². The van der Waals surface area contributed by atoms with Crippen LogP contribution in [0, 0.1) is 5.92 Å². The molecule has 2 aromatic rings. The van der Waals surface area contributed by atoms with Gasteiger partial charge in [-0.05, 0) is 36.9 Å². The van der Waals surface area contributed by atoms with E-state index in [2.05, 4.69) is 20.2 Å². The highest BCUT2D eigenvalue weighted by molar-refractivity contribution is 5.85. The fraction of sp³-hybridized carbons (Fsp3) is 0.444. The summed E-state index contributed by atoms with van der Waals surface area (Å²) in [6.07, 6.45) is 2.53. The summed E-state index contributed by atoms with van der Waals surface area (Å²) >= 11 is 0. The largest absolute Gasteiger partial charge is 0.392 e. The molecule has 0 spiro atoms. The Morgan fingerprint density at radius 2 is 2.12 bits per heavy atom. The Kier molecular flexibility index (Phi) is 5.42. The number of aliphatic hydroxyl groups is 1. The van der Waals surface area contributed by atoms with E-state index in [1.165, 1.54) is 12.8 Å². The van der Waals surface area contributed by atoms with E-state index in [0.29, 0.717) is 17.9 Å². The van der Waals surface area contributed by atoms with Crippen LogP contribution in [-0.2, 0) is 6.61 Å². The van der Waals surface area contributed by atoms with Crippen LogP contribution in [0.25, 0.3) is 11.3 Å². The summed E-state index contributed by atoms with van der Waals surface area (Å²) in [5.41, 5.74) is 8.58. The zero-order valence-electron chi connectivity index (χ0n) is 14.1. The number of nitrogens with one attached hydrogen (secondary N) is 1. The highest BCUT2D eigenvalue weighted by Gasteiger charge is 2.35. The van der Waals surface area contributed by atoms with Crippen molar-refractivity contribution < 1.29 is 5.11 Å². The third-order valence-electron chi connectivity index (χ3n) is 5.06. The van der Waals surface area contributed by atoms with Crippen molar-refractivity contribution in [3.05, 3.63) is 35.9 Å². The van der Waals surface area contributed by atoms with Gasteiger partial charge in [-0.3, -0.25) is 0 Å². The van der Waals surface area contributed by atoms with Gasteiger partial charge in [0.2, 0.25) is 5.95 Å². The van der Waals surface area contributed by atoms with E-state index in [1.807, 2.05) is 30.3 Å². The van der Waals surface area contributed by atoms with Gasteiger partial charge in [-0.1, -0.05) is 18.2 Å². The number of piperidine rings is 1. The lowest BCUT2D eigenvalue weighted by Crippen LogP contribution is -2.40. The van der Waals surface area contributed by atoms with Crippen molar-refractivity contribution >= 4 is 24.2 Å². The van der Waals surface area contributed by atoms with Crippen LogP contribution in [0.3, 0.4) is 0 Å². The Morgan fingerprint density at radius 3 is 2.92 bits per heavy atom. The van der Waals surface area contributed by atoms with Gasteiger partial charge in [-0.25, -0.2) is 4.98 Å². The van der Waals surface area contributed by atoms with Crippen LogP contribution in [0.5, 0.6) is 0 Å². The normalized spacial score (nSPS) is 22.4. The lowest BCUT2D eigenvalue weighted by Gasteiger charge is -2.24. The maximum Gasteiger partial charge on any atom is 0.222 e. The highest BCUT2D eigenvalue weighted by Crippen LogP contribution is 2.30. The van der Waals surface area contributed by atoms with Crippen LogP contribution < -0.4 is 16.0 Å². The van der Waals surface area contributed by atoms with Crippen LogP contribution in [0.15, 0.2) is 30.3 Å². The molecule has 2 aliphatic heterocycles. The average Bonchev–Trinajstić information content (AvgIpc) is 3.05. The molecule has 1 aromatic heterocycles. The molecule has 25 heavy (non-hydrogen) atoms. The van der Waals surface area contributed by atoms with Crippen LogP contribution in [0.1, 0.15) is 18.4 Å². The summed E-state index contributed by atoms with van der Waals surface area (Å²) in [5.74, 6) is 1.87. The van der Waals surface area contributed by atoms with Gasteiger partial charge < -0.3 is 21.1 Å². The number of rotatable bonds is 3. The molecule has 0 radical (unpaired) electrons. The van der Waals surface area contributed by atoms with Gasteiger partial charge in [0.05, 0.1) is 12.3 Å². The predicted octanol–water partition coefficient (Wildman–Crippen LogP) is 1.83. The van der Waals surface area contributed by atoms with Crippen molar-refractivity contribution in [2.75, 3.05) is 30.3 Å². The first-order valence-corrected chi connectivity index (χ1v) is 8.56. The lowest BCUT2D eigenvalue weighted by molar-refractivity contribution is 0.282. The van der Waals surface area contributed by atoms with E-state index in [0.717, 1.165) is 42.3 Å². The quantitative estimate of drug-likeness (QED) is 0.773. The summed E-state index contributed by atoms with van der Waals surface area (Å²) in [5, 5.41) is 12.9. The number of anilines is 2. The molecule has 0 aliphatic carbocycles. The zero-order valence-corrected chi connectivity index (χ0v) is 14.9. The molecule has 4 N–H and O–H groups in total. The van der Waals surface area contributed by atoms with Crippen LogP contribution in [0.2, 0.25) is 0 Å². The summed E-state index contributed by atoms with van der Waals surface area (Å²) in [6, 6.07) is 10.3. The van der Waals surface area contributed by atoms with Crippen LogP contribution in [0.4, 0.5) is 11.8 Å². The van der Waals surface area contributed by atoms with Crippen LogP contribution in [-0.4, -0.2) is 40.8 Å². The standard InChI is InChI=1S/C18H23N5O.ClH/c19-18-21-15(13-4-1-3-12(7-13)11-24)8-17(22-18)23-9-14-5-2-6-20-16(14)10-23;/h1,3-4,7-8,14,16,20,24H,2,5-6,9-11H2,(H2,19,21,22);1H/t14-,16+;/m1./s1. The van der Waals surface area contributed by atoms with Gasteiger partial charge >= 0.3 is 0 Å². The number of halogens is 1. The van der Waals surface area contributed by atoms with Gasteiger partial charge in [0.25, 0.3) is 0 Å². The van der Waals surface area contributed by atoms with Gasteiger partial charge in [-0.15, -0.1) is 12.4 Å². The number of nitrogen functional groups attached to an aromatic ring is 1. The van der Waals surface area contributed by atoms with E-state index in [-0.39, 0.29) is 19.0 Å². The maximum atomic E-state index is 9.34. The average molecular weight is 362 g/mol. The second-order valence-electron chi connectivity index (χ2n) is 6.70. The molecular weight excluding hydrogens is 338 g/mol. The summed E-state index contributed by atoms with van der Waals surface area (Å²) in [7, 11) is 0. The summed E-state index contributed by atoms with van der Waals surface area (Å²) < 4.78 is 0. The lowest BCUT2D eigenvalue weighted by atomic mass is 9.94. The van der Waals surface area contributed by atoms with Crippen LogP contribution >= 0.6 is 12.4 Å². The molecule has 2 fully saturated rings. The number of nitrogens with two attached hydrogens (primary N) is 1. The van der Waals surface area contributed by atoms with Crippen molar-refractivity contribution in [1.29, 1.82) is 0 Å². The monoisotopic (exact) mass is 361 g/mol. The molecule has 3 heterocycles. The number of fused-ring (bicyclic) bond motifs is 1.